The van der Waals surface area contributed by atoms with Crippen LogP contribution in [0.1, 0.15) is 26.2 Å². The number of aromatic nitrogens is 2. The number of carbonyl (C=O) groups excluding carboxylic acids is 1. The fraction of sp³-hybridized carbons (Fsp3) is 0.471. The van der Waals surface area contributed by atoms with Crippen LogP contribution in [0.2, 0.25) is 5.02 Å². The molecule has 2 fully saturated rings. The van der Waals surface area contributed by atoms with E-state index < -0.39 is 0 Å². The van der Waals surface area contributed by atoms with Crippen LogP contribution >= 0.6 is 11.6 Å². The maximum absolute atomic E-state index is 12.7. The largest absolute Gasteiger partial charge is 0.358 e. The molecule has 2 heterocycles. The lowest BCUT2D eigenvalue weighted by atomic mass is 10.1. The fourth-order valence-corrected chi connectivity index (χ4v) is 3.56. The Hall–Kier alpha value is -1.88. The van der Waals surface area contributed by atoms with E-state index in [0.29, 0.717) is 16.3 Å². The summed E-state index contributed by atoms with van der Waals surface area (Å²) in [7, 11) is 0. The Morgan fingerprint density at radius 3 is 2.91 bits per heavy atom. The summed E-state index contributed by atoms with van der Waals surface area (Å²) in [6.07, 6.45) is 5.19. The Morgan fingerprint density at radius 2 is 2.17 bits per heavy atom. The number of benzene rings is 1. The topological polar surface area (TPSA) is 58.1 Å². The molecule has 0 radical (unpaired) electrons. The summed E-state index contributed by atoms with van der Waals surface area (Å²) in [5, 5.41) is 4.75. The van der Waals surface area contributed by atoms with Gasteiger partial charge in [0.05, 0.1) is 5.52 Å². The molecule has 1 aromatic carbocycles. The number of hydrogen-bond acceptors (Lipinski definition) is 4. The number of carbonyl (C=O) groups is 1. The minimum absolute atomic E-state index is 0.148. The number of halogens is 1. The van der Waals surface area contributed by atoms with E-state index in [2.05, 4.69) is 15.3 Å². The Bertz CT molecular complexity index is 774. The van der Waals surface area contributed by atoms with Gasteiger partial charge in [-0.15, -0.1) is 0 Å². The zero-order chi connectivity index (χ0) is 16.0. The van der Waals surface area contributed by atoms with Crippen LogP contribution in [-0.2, 0) is 4.79 Å². The minimum atomic E-state index is -0.308. The van der Waals surface area contributed by atoms with Crippen molar-refractivity contribution in [1.29, 1.82) is 0 Å². The van der Waals surface area contributed by atoms with E-state index >= 15 is 0 Å². The molecule has 4 rings (SSSR count). The standard InChI is InChI=1S/C17H19ClN4O/c1-11(16(23)22-7-6-17(9-22)4-5-17)21-15-13-3-2-12(18)8-14(13)19-10-20-15/h2-3,8,10-11H,4-7,9H2,1H3,(H,19,20,21)/t11-/m1/s1. The SMILES string of the molecule is C[C@@H](Nc1ncnc2cc(Cl)ccc12)C(=O)N1CCC2(CC2)C1. The summed E-state index contributed by atoms with van der Waals surface area (Å²) in [4.78, 5) is 23.2. The normalized spacial score (nSPS) is 20.0. The van der Waals surface area contributed by atoms with Crippen LogP contribution < -0.4 is 5.32 Å². The van der Waals surface area contributed by atoms with Gasteiger partial charge in [-0.25, -0.2) is 9.97 Å². The summed E-state index contributed by atoms with van der Waals surface area (Å²) in [5.74, 6) is 0.822. The smallest absolute Gasteiger partial charge is 0.244 e. The summed E-state index contributed by atoms with van der Waals surface area (Å²) in [5.41, 5.74) is 1.22. The zero-order valence-corrected chi connectivity index (χ0v) is 13.8. The molecule has 1 aliphatic heterocycles. The third-order valence-corrected chi connectivity index (χ3v) is 5.26. The molecule has 1 aromatic heterocycles. The van der Waals surface area contributed by atoms with Crippen molar-refractivity contribution in [2.24, 2.45) is 5.41 Å². The number of rotatable bonds is 3. The van der Waals surface area contributed by atoms with Crippen LogP contribution in [0.3, 0.4) is 0 Å². The van der Waals surface area contributed by atoms with E-state index in [4.69, 9.17) is 11.6 Å². The van der Waals surface area contributed by atoms with Crippen molar-refractivity contribution in [1.82, 2.24) is 14.9 Å². The highest BCUT2D eigenvalue weighted by atomic mass is 35.5. The lowest BCUT2D eigenvalue weighted by Crippen LogP contribution is -2.40. The first-order valence-corrected chi connectivity index (χ1v) is 8.40. The van der Waals surface area contributed by atoms with E-state index in [9.17, 15) is 4.79 Å². The minimum Gasteiger partial charge on any atom is -0.358 e. The molecule has 1 amide bonds. The second-order valence-corrected chi connectivity index (χ2v) is 7.20. The summed E-state index contributed by atoms with van der Waals surface area (Å²) in [6.45, 7) is 3.69. The highest BCUT2D eigenvalue weighted by molar-refractivity contribution is 6.31. The van der Waals surface area contributed by atoms with Crippen molar-refractivity contribution >= 4 is 34.2 Å². The van der Waals surface area contributed by atoms with Crippen molar-refractivity contribution in [3.05, 3.63) is 29.5 Å². The molecule has 1 aliphatic carbocycles. The number of anilines is 1. The number of nitrogens with one attached hydrogen (secondary N) is 1. The van der Waals surface area contributed by atoms with Gasteiger partial charge in [-0.3, -0.25) is 4.79 Å². The third kappa shape index (κ3) is 2.74. The molecule has 120 valence electrons. The van der Waals surface area contributed by atoms with Gasteiger partial charge in [-0.05, 0) is 49.8 Å². The van der Waals surface area contributed by atoms with Gasteiger partial charge in [0.25, 0.3) is 0 Å². The maximum atomic E-state index is 12.7. The number of fused-ring (bicyclic) bond motifs is 1. The van der Waals surface area contributed by atoms with E-state index in [1.807, 2.05) is 24.0 Å². The molecule has 0 unspecified atom stereocenters. The van der Waals surface area contributed by atoms with E-state index in [0.717, 1.165) is 30.4 Å². The van der Waals surface area contributed by atoms with Gasteiger partial charge >= 0.3 is 0 Å². The second kappa shape index (κ2) is 5.34. The second-order valence-electron chi connectivity index (χ2n) is 6.76. The number of amides is 1. The highest BCUT2D eigenvalue weighted by Gasteiger charge is 2.49. The third-order valence-electron chi connectivity index (χ3n) is 5.03. The Labute approximate surface area is 140 Å². The molecule has 23 heavy (non-hydrogen) atoms. The molecular weight excluding hydrogens is 312 g/mol. The van der Waals surface area contributed by atoms with Crippen molar-refractivity contribution < 1.29 is 4.79 Å². The van der Waals surface area contributed by atoms with Gasteiger partial charge in [-0.1, -0.05) is 11.6 Å². The molecule has 1 saturated carbocycles. The number of likely N-dealkylation sites (tertiary alicyclic amines) is 1. The molecule has 1 N–H and O–H groups in total. The van der Waals surface area contributed by atoms with Crippen LogP contribution in [0, 0.1) is 5.41 Å². The quantitative estimate of drug-likeness (QED) is 0.939. The lowest BCUT2D eigenvalue weighted by molar-refractivity contribution is -0.130. The molecule has 0 bridgehead atoms. The van der Waals surface area contributed by atoms with Gasteiger partial charge in [0.15, 0.2) is 0 Å². The average molecular weight is 331 g/mol. The van der Waals surface area contributed by atoms with E-state index in [1.165, 1.54) is 19.2 Å². The zero-order valence-electron chi connectivity index (χ0n) is 13.1. The van der Waals surface area contributed by atoms with Crippen LogP contribution in [0.15, 0.2) is 24.5 Å². The predicted molar refractivity (Wildman–Crippen MR) is 90.5 cm³/mol. The van der Waals surface area contributed by atoms with Crippen molar-refractivity contribution in [3.63, 3.8) is 0 Å². The Kier molecular flexibility index (Phi) is 3.41. The molecular formula is C17H19ClN4O. The van der Waals surface area contributed by atoms with Gasteiger partial charge < -0.3 is 10.2 Å². The fourth-order valence-electron chi connectivity index (χ4n) is 3.39. The molecule has 1 atom stereocenters. The predicted octanol–water partition coefficient (Wildman–Crippen LogP) is 3.10. The maximum Gasteiger partial charge on any atom is 0.244 e. The van der Waals surface area contributed by atoms with Gasteiger partial charge in [0.1, 0.15) is 18.2 Å². The van der Waals surface area contributed by atoms with Crippen molar-refractivity contribution in [2.45, 2.75) is 32.2 Å². The number of hydrogen-bond donors (Lipinski definition) is 1. The molecule has 2 aliphatic rings. The van der Waals surface area contributed by atoms with Gasteiger partial charge in [0.2, 0.25) is 5.91 Å². The van der Waals surface area contributed by atoms with Crippen LogP contribution in [0.5, 0.6) is 0 Å². The van der Waals surface area contributed by atoms with Crippen LogP contribution in [-0.4, -0.2) is 39.9 Å². The van der Waals surface area contributed by atoms with Gasteiger partial charge in [-0.2, -0.15) is 0 Å². The first-order chi connectivity index (χ1) is 11.1. The van der Waals surface area contributed by atoms with Crippen LogP contribution in [0.4, 0.5) is 5.82 Å². The highest BCUT2D eigenvalue weighted by Crippen LogP contribution is 2.52. The summed E-state index contributed by atoms with van der Waals surface area (Å²) >= 11 is 6.00. The molecule has 6 heteroatoms. The molecule has 1 spiro atoms. The van der Waals surface area contributed by atoms with Crippen molar-refractivity contribution in [2.75, 3.05) is 18.4 Å². The van der Waals surface area contributed by atoms with E-state index in [1.54, 1.807) is 6.07 Å². The first kappa shape index (κ1) is 14.7. The Balaban J connectivity index is 1.52. The Morgan fingerprint density at radius 1 is 1.35 bits per heavy atom. The molecule has 2 aromatic rings. The lowest BCUT2D eigenvalue weighted by Gasteiger charge is -2.22. The summed E-state index contributed by atoms with van der Waals surface area (Å²) in [6, 6.07) is 5.18. The molecule has 1 saturated heterocycles. The molecule has 5 nitrogen and oxygen atoms in total. The average Bonchev–Trinajstić information content (AvgIpc) is 3.16. The van der Waals surface area contributed by atoms with Crippen molar-refractivity contribution in [3.8, 4) is 0 Å². The summed E-state index contributed by atoms with van der Waals surface area (Å²) < 4.78 is 0. The van der Waals surface area contributed by atoms with Gasteiger partial charge in [0, 0.05) is 23.5 Å². The first-order valence-electron chi connectivity index (χ1n) is 8.02. The van der Waals surface area contributed by atoms with Crippen LogP contribution in [0.25, 0.3) is 10.9 Å². The van der Waals surface area contributed by atoms with E-state index in [-0.39, 0.29) is 11.9 Å². The monoisotopic (exact) mass is 330 g/mol. The number of nitrogens with zero attached hydrogens (tertiary/aromatic N) is 3.